The second-order valence-corrected chi connectivity index (χ2v) is 4.24. The molecule has 0 spiro atoms. The number of aromatic nitrogens is 1. The van der Waals surface area contributed by atoms with Crippen molar-refractivity contribution < 1.29 is 9.90 Å². The number of nitrogens with one attached hydrogen (secondary N) is 1. The Morgan fingerprint density at radius 2 is 2.28 bits per heavy atom. The lowest BCUT2D eigenvalue weighted by Crippen LogP contribution is -2.37. The van der Waals surface area contributed by atoms with Gasteiger partial charge in [0, 0.05) is 19.8 Å². The molecule has 1 amide bonds. The smallest absolute Gasteiger partial charge is 0.239 e. The number of hydrogen-bond acceptors (Lipinski definition) is 4. The number of likely N-dealkylation sites (N-methyl/N-ethyl adjacent to an activating group) is 1. The van der Waals surface area contributed by atoms with Gasteiger partial charge < -0.3 is 15.3 Å². The number of hydrogen-bond donors (Lipinski definition) is 2. The van der Waals surface area contributed by atoms with Crippen molar-refractivity contribution in [3.63, 3.8) is 0 Å². The minimum absolute atomic E-state index is 0.0165. The molecule has 0 radical (unpaired) electrons. The monoisotopic (exact) mass is 251 g/mol. The first kappa shape index (κ1) is 14.4. The normalized spacial score (nSPS) is 10.2. The van der Waals surface area contributed by atoms with Crippen LogP contribution in [0.1, 0.15) is 24.5 Å². The summed E-state index contributed by atoms with van der Waals surface area (Å²) in [4.78, 5) is 17.8. The fourth-order valence-electron chi connectivity index (χ4n) is 1.83. The minimum atomic E-state index is -0.0316. The summed E-state index contributed by atoms with van der Waals surface area (Å²) in [5.41, 5.74) is 1.76. The standard InChI is InChI=1S/C13H21N3O2/c1-4-5-16(8-12(18)14-3)13-10(2)6-11(9-17)7-15-13/h6-7,17H,4-5,8-9H2,1-3H3,(H,14,18). The molecule has 0 atom stereocenters. The van der Waals surface area contributed by atoms with E-state index in [2.05, 4.69) is 17.2 Å². The van der Waals surface area contributed by atoms with E-state index in [1.807, 2.05) is 17.9 Å². The summed E-state index contributed by atoms with van der Waals surface area (Å²) in [5.74, 6) is 0.772. The highest BCUT2D eigenvalue weighted by Gasteiger charge is 2.13. The first-order chi connectivity index (χ1) is 8.62. The molecule has 0 unspecified atom stereocenters. The van der Waals surface area contributed by atoms with Crippen molar-refractivity contribution in [3.05, 3.63) is 23.4 Å². The topological polar surface area (TPSA) is 65.5 Å². The van der Waals surface area contributed by atoms with Crippen molar-refractivity contribution in [2.24, 2.45) is 0 Å². The van der Waals surface area contributed by atoms with Gasteiger partial charge in [-0.25, -0.2) is 4.98 Å². The maximum atomic E-state index is 11.5. The van der Waals surface area contributed by atoms with Crippen LogP contribution >= 0.6 is 0 Å². The molecule has 5 heteroatoms. The first-order valence-corrected chi connectivity index (χ1v) is 6.14. The van der Waals surface area contributed by atoms with Gasteiger partial charge in [0.2, 0.25) is 5.91 Å². The Hall–Kier alpha value is -1.62. The predicted octanol–water partition coefficient (Wildman–Crippen LogP) is 0.845. The van der Waals surface area contributed by atoms with Gasteiger partial charge in [-0.05, 0) is 30.5 Å². The molecule has 0 aliphatic rings. The van der Waals surface area contributed by atoms with Crippen LogP contribution in [0.3, 0.4) is 0 Å². The molecule has 18 heavy (non-hydrogen) atoms. The van der Waals surface area contributed by atoms with E-state index in [-0.39, 0.29) is 12.5 Å². The molecule has 0 saturated heterocycles. The highest BCUT2D eigenvalue weighted by atomic mass is 16.3. The van der Waals surface area contributed by atoms with Crippen molar-refractivity contribution in [1.29, 1.82) is 0 Å². The van der Waals surface area contributed by atoms with Gasteiger partial charge in [-0.2, -0.15) is 0 Å². The number of aryl methyl sites for hydroxylation is 1. The summed E-state index contributed by atoms with van der Waals surface area (Å²) in [5, 5.41) is 11.7. The summed E-state index contributed by atoms with van der Waals surface area (Å²) in [7, 11) is 1.63. The van der Waals surface area contributed by atoms with Gasteiger partial charge in [0.25, 0.3) is 0 Å². The predicted molar refractivity (Wildman–Crippen MR) is 71.5 cm³/mol. The zero-order chi connectivity index (χ0) is 13.5. The average molecular weight is 251 g/mol. The molecule has 0 bridgehead atoms. The van der Waals surface area contributed by atoms with Crippen molar-refractivity contribution in [3.8, 4) is 0 Å². The Morgan fingerprint density at radius 3 is 2.78 bits per heavy atom. The van der Waals surface area contributed by atoms with E-state index in [0.717, 1.165) is 29.9 Å². The van der Waals surface area contributed by atoms with Crippen LogP contribution in [-0.2, 0) is 11.4 Å². The van der Waals surface area contributed by atoms with Crippen molar-refractivity contribution in [1.82, 2.24) is 10.3 Å². The second kappa shape index (κ2) is 6.96. The fraction of sp³-hybridized carbons (Fsp3) is 0.538. The molecule has 1 aromatic heterocycles. The van der Waals surface area contributed by atoms with E-state index >= 15 is 0 Å². The van der Waals surface area contributed by atoms with E-state index in [1.54, 1.807) is 13.2 Å². The Kier molecular flexibility index (Phi) is 5.58. The third kappa shape index (κ3) is 3.70. The summed E-state index contributed by atoms with van der Waals surface area (Å²) < 4.78 is 0. The van der Waals surface area contributed by atoms with Crippen LogP contribution < -0.4 is 10.2 Å². The summed E-state index contributed by atoms with van der Waals surface area (Å²) in [6.07, 6.45) is 2.59. The van der Waals surface area contributed by atoms with Gasteiger partial charge in [0.1, 0.15) is 5.82 Å². The Labute approximate surface area is 108 Å². The van der Waals surface area contributed by atoms with Crippen molar-refractivity contribution in [2.75, 3.05) is 25.0 Å². The largest absolute Gasteiger partial charge is 0.392 e. The lowest BCUT2D eigenvalue weighted by Gasteiger charge is -2.24. The van der Waals surface area contributed by atoms with Gasteiger partial charge in [-0.1, -0.05) is 6.92 Å². The number of aliphatic hydroxyl groups is 1. The number of carbonyl (C=O) groups excluding carboxylic acids is 1. The average Bonchev–Trinajstić information content (AvgIpc) is 2.38. The van der Waals surface area contributed by atoms with Crippen LogP contribution in [0, 0.1) is 6.92 Å². The van der Waals surface area contributed by atoms with Crippen LogP contribution in [0.2, 0.25) is 0 Å². The Bertz CT molecular complexity index is 407. The van der Waals surface area contributed by atoms with Crippen LogP contribution in [0.15, 0.2) is 12.3 Å². The van der Waals surface area contributed by atoms with E-state index in [1.165, 1.54) is 0 Å². The Balaban J connectivity index is 2.94. The zero-order valence-electron chi connectivity index (χ0n) is 11.2. The molecule has 100 valence electrons. The number of pyridine rings is 1. The SMILES string of the molecule is CCCN(CC(=O)NC)c1ncc(CO)cc1C. The lowest BCUT2D eigenvalue weighted by atomic mass is 10.2. The molecule has 5 nitrogen and oxygen atoms in total. The summed E-state index contributed by atoms with van der Waals surface area (Å²) in [6, 6.07) is 1.90. The van der Waals surface area contributed by atoms with E-state index < -0.39 is 0 Å². The number of anilines is 1. The van der Waals surface area contributed by atoms with Crippen LogP contribution in [0.25, 0.3) is 0 Å². The third-order valence-corrected chi connectivity index (χ3v) is 2.70. The number of rotatable bonds is 6. The molecular formula is C13H21N3O2. The minimum Gasteiger partial charge on any atom is -0.392 e. The van der Waals surface area contributed by atoms with Crippen LogP contribution in [0.5, 0.6) is 0 Å². The number of nitrogens with zero attached hydrogens (tertiary/aromatic N) is 2. The van der Waals surface area contributed by atoms with Gasteiger partial charge in [-0.15, -0.1) is 0 Å². The molecular weight excluding hydrogens is 230 g/mol. The van der Waals surface area contributed by atoms with Crippen molar-refractivity contribution in [2.45, 2.75) is 26.9 Å². The quantitative estimate of drug-likeness (QED) is 0.786. The lowest BCUT2D eigenvalue weighted by molar-refractivity contribution is -0.119. The molecule has 0 fully saturated rings. The molecule has 0 saturated carbocycles. The highest BCUT2D eigenvalue weighted by Crippen LogP contribution is 2.18. The molecule has 1 rings (SSSR count). The van der Waals surface area contributed by atoms with Crippen LogP contribution in [0.4, 0.5) is 5.82 Å². The van der Waals surface area contributed by atoms with E-state index in [4.69, 9.17) is 5.11 Å². The Morgan fingerprint density at radius 1 is 1.56 bits per heavy atom. The van der Waals surface area contributed by atoms with Crippen LogP contribution in [-0.4, -0.2) is 36.1 Å². The second-order valence-electron chi connectivity index (χ2n) is 4.24. The fourth-order valence-corrected chi connectivity index (χ4v) is 1.83. The highest BCUT2D eigenvalue weighted by molar-refractivity contribution is 5.80. The van der Waals surface area contributed by atoms with Gasteiger partial charge in [0.15, 0.2) is 0 Å². The van der Waals surface area contributed by atoms with E-state index in [9.17, 15) is 4.79 Å². The number of aliphatic hydroxyl groups excluding tert-OH is 1. The molecule has 2 N–H and O–H groups in total. The molecule has 0 aliphatic heterocycles. The van der Waals surface area contributed by atoms with Crippen molar-refractivity contribution >= 4 is 11.7 Å². The summed E-state index contributed by atoms with van der Waals surface area (Å²) in [6.45, 7) is 5.07. The number of amides is 1. The number of carbonyl (C=O) groups is 1. The zero-order valence-corrected chi connectivity index (χ0v) is 11.2. The van der Waals surface area contributed by atoms with Gasteiger partial charge in [-0.3, -0.25) is 4.79 Å². The summed E-state index contributed by atoms with van der Waals surface area (Å²) >= 11 is 0. The maximum Gasteiger partial charge on any atom is 0.239 e. The third-order valence-electron chi connectivity index (χ3n) is 2.70. The molecule has 0 aliphatic carbocycles. The first-order valence-electron chi connectivity index (χ1n) is 6.14. The van der Waals surface area contributed by atoms with E-state index in [0.29, 0.717) is 6.54 Å². The molecule has 1 aromatic rings. The molecule has 1 heterocycles. The van der Waals surface area contributed by atoms with Gasteiger partial charge in [0.05, 0.1) is 13.2 Å². The maximum absolute atomic E-state index is 11.5. The van der Waals surface area contributed by atoms with Gasteiger partial charge >= 0.3 is 0 Å². The molecule has 0 aromatic carbocycles.